The summed E-state index contributed by atoms with van der Waals surface area (Å²) in [5, 5.41) is 0. The van der Waals surface area contributed by atoms with Crippen LogP contribution in [0.25, 0.3) is 0 Å². The summed E-state index contributed by atoms with van der Waals surface area (Å²) in [6, 6.07) is 0. The highest BCUT2D eigenvalue weighted by molar-refractivity contribution is 5.78. The van der Waals surface area contributed by atoms with Crippen molar-refractivity contribution in [1.82, 2.24) is 0 Å². The molecule has 1 rings (SSSR count). The van der Waals surface area contributed by atoms with Crippen LogP contribution in [0.15, 0.2) is 0 Å². The summed E-state index contributed by atoms with van der Waals surface area (Å²) in [4.78, 5) is 11.3. The Morgan fingerprint density at radius 2 is 2.00 bits per heavy atom. The van der Waals surface area contributed by atoms with Crippen molar-refractivity contribution in [2.75, 3.05) is 13.2 Å². The summed E-state index contributed by atoms with van der Waals surface area (Å²) in [5.41, 5.74) is 0. The van der Waals surface area contributed by atoms with Gasteiger partial charge >= 0.3 is 0 Å². The Labute approximate surface area is 79.4 Å². The zero-order chi connectivity index (χ0) is 9.68. The van der Waals surface area contributed by atoms with Crippen LogP contribution < -0.4 is 0 Å². The van der Waals surface area contributed by atoms with Gasteiger partial charge in [-0.15, -0.1) is 0 Å². The normalized spacial score (nSPS) is 18.4. The van der Waals surface area contributed by atoms with E-state index < -0.39 is 0 Å². The Hall–Kier alpha value is -0.410. The van der Waals surface area contributed by atoms with E-state index in [1.807, 2.05) is 0 Å². The van der Waals surface area contributed by atoms with Gasteiger partial charge in [0.1, 0.15) is 5.78 Å². The predicted molar refractivity (Wildman–Crippen MR) is 49.4 cm³/mol. The molecule has 0 amide bonds. The van der Waals surface area contributed by atoms with Gasteiger partial charge in [0, 0.05) is 6.42 Å². The molecule has 1 aliphatic rings. The molecule has 3 nitrogen and oxygen atoms in total. The van der Waals surface area contributed by atoms with E-state index >= 15 is 0 Å². The molecule has 1 fully saturated rings. The van der Waals surface area contributed by atoms with Crippen LogP contribution >= 0.6 is 0 Å². The van der Waals surface area contributed by atoms with Gasteiger partial charge in [-0.3, -0.25) is 4.79 Å². The molecule has 0 saturated carbocycles. The van der Waals surface area contributed by atoms with Crippen molar-refractivity contribution >= 4 is 5.78 Å². The first-order valence-corrected chi connectivity index (χ1v) is 4.93. The van der Waals surface area contributed by atoms with Gasteiger partial charge in [0.2, 0.25) is 0 Å². The van der Waals surface area contributed by atoms with Gasteiger partial charge in [-0.25, -0.2) is 0 Å². The first kappa shape index (κ1) is 10.7. The second-order valence-electron chi connectivity index (χ2n) is 3.85. The lowest BCUT2D eigenvalue weighted by Gasteiger charge is -2.08. The zero-order valence-electron chi connectivity index (χ0n) is 8.41. The highest BCUT2D eigenvalue weighted by Crippen LogP contribution is 2.12. The zero-order valence-corrected chi connectivity index (χ0v) is 8.41. The Bertz CT molecular complexity index is 160. The fraction of sp³-hybridized carbons (Fsp3) is 0.900. The third-order valence-corrected chi connectivity index (χ3v) is 2.09. The Balaban J connectivity index is 2.09. The minimum Gasteiger partial charge on any atom is -0.350 e. The number of rotatable bonds is 5. The maximum Gasteiger partial charge on any atom is 0.164 e. The van der Waals surface area contributed by atoms with Crippen LogP contribution in [-0.4, -0.2) is 25.3 Å². The van der Waals surface area contributed by atoms with Crippen LogP contribution in [0.5, 0.6) is 0 Å². The Morgan fingerprint density at radius 1 is 1.38 bits per heavy atom. The highest BCUT2D eigenvalue weighted by atomic mass is 16.7. The van der Waals surface area contributed by atoms with Gasteiger partial charge in [0.15, 0.2) is 6.29 Å². The molecule has 1 heterocycles. The summed E-state index contributed by atoms with van der Waals surface area (Å²) < 4.78 is 10.4. The molecule has 0 spiro atoms. The Kier molecular flexibility index (Phi) is 4.39. The molecule has 0 N–H and O–H groups in total. The summed E-state index contributed by atoms with van der Waals surface area (Å²) in [6.07, 6.45) is 1.78. The molecule has 1 aliphatic heterocycles. The van der Waals surface area contributed by atoms with Crippen molar-refractivity contribution in [2.45, 2.75) is 39.4 Å². The number of carbonyl (C=O) groups excluding carboxylic acids is 1. The molecule has 3 heteroatoms. The van der Waals surface area contributed by atoms with Crippen LogP contribution in [0.3, 0.4) is 0 Å². The molecule has 0 aliphatic carbocycles. The molecule has 13 heavy (non-hydrogen) atoms. The molecule has 0 aromatic rings. The average Bonchev–Trinajstić information content (AvgIpc) is 2.53. The SMILES string of the molecule is CC(C)CCC(=O)CC1OCCO1. The van der Waals surface area contributed by atoms with E-state index in [-0.39, 0.29) is 12.1 Å². The monoisotopic (exact) mass is 186 g/mol. The average molecular weight is 186 g/mol. The van der Waals surface area contributed by atoms with E-state index in [1.54, 1.807) is 0 Å². The highest BCUT2D eigenvalue weighted by Gasteiger charge is 2.19. The van der Waals surface area contributed by atoms with Crippen molar-refractivity contribution in [3.8, 4) is 0 Å². The maximum atomic E-state index is 11.3. The minimum absolute atomic E-state index is 0.251. The molecule has 1 saturated heterocycles. The second kappa shape index (κ2) is 5.35. The molecule has 76 valence electrons. The fourth-order valence-corrected chi connectivity index (χ4v) is 1.26. The molecule has 0 unspecified atom stereocenters. The third-order valence-electron chi connectivity index (χ3n) is 2.09. The lowest BCUT2D eigenvalue weighted by Crippen LogP contribution is -2.14. The van der Waals surface area contributed by atoms with Crippen LogP contribution in [0.1, 0.15) is 33.1 Å². The Morgan fingerprint density at radius 3 is 2.54 bits per heavy atom. The number of ketones is 1. The summed E-state index contributed by atoms with van der Waals surface area (Å²) in [5.74, 6) is 0.843. The van der Waals surface area contributed by atoms with Gasteiger partial charge in [0.05, 0.1) is 19.6 Å². The minimum atomic E-state index is -0.264. The third kappa shape index (κ3) is 4.39. The van der Waals surface area contributed by atoms with E-state index in [4.69, 9.17) is 9.47 Å². The number of ether oxygens (including phenoxy) is 2. The van der Waals surface area contributed by atoms with E-state index in [2.05, 4.69) is 13.8 Å². The first-order valence-electron chi connectivity index (χ1n) is 4.93. The van der Waals surface area contributed by atoms with E-state index in [0.717, 1.165) is 6.42 Å². The van der Waals surface area contributed by atoms with Crippen molar-refractivity contribution in [3.63, 3.8) is 0 Å². The summed E-state index contributed by atoms with van der Waals surface area (Å²) >= 11 is 0. The molecular formula is C10H18O3. The van der Waals surface area contributed by atoms with E-state index in [9.17, 15) is 4.79 Å². The lowest BCUT2D eigenvalue weighted by atomic mass is 10.0. The molecule has 0 aromatic carbocycles. The van der Waals surface area contributed by atoms with Crippen LogP contribution in [0.4, 0.5) is 0 Å². The van der Waals surface area contributed by atoms with Crippen molar-refractivity contribution in [2.24, 2.45) is 5.92 Å². The quantitative estimate of drug-likeness (QED) is 0.656. The van der Waals surface area contributed by atoms with Gasteiger partial charge in [-0.05, 0) is 12.3 Å². The van der Waals surface area contributed by atoms with E-state index in [1.165, 1.54) is 0 Å². The van der Waals surface area contributed by atoms with Crippen molar-refractivity contribution in [1.29, 1.82) is 0 Å². The van der Waals surface area contributed by atoms with Crippen LogP contribution in [0, 0.1) is 5.92 Å². The van der Waals surface area contributed by atoms with Gasteiger partial charge in [-0.2, -0.15) is 0 Å². The van der Waals surface area contributed by atoms with Gasteiger partial charge in [0.25, 0.3) is 0 Å². The van der Waals surface area contributed by atoms with Gasteiger partial charge in [-0.1, -0.05) is 13.8 Å². The fourth-order valence-electron chi connectivity index (χ4n) is 1.26. The number of carbonyl (C=O) groups is 1. The summed E-state index contributed by atoms with van der Waals surface area (Å²) in [6.45, 7) is 5.50. The molecule has 0 bridgehead atoms. The summed E-state index contributed by atoms with van der Waals surface area (Å²) in [7, 11) is 0. The smallest absolute Gasteiger partial charge is 0.164 e. The molecular weight excluding hydrogens is 168 g/mol. The van der Waals surface area contributed by atoms with Gasteiger partial charge < -0.3 is 9.47 Å². The standard InChI is InChI=1S/C10H18O3/c1-8(2)3-4-9(11)7-10-12-5-6-13-10/h8,10H,3-7H2,1-2H3. The van der Waals surface area contributed by atoms with Crippen LogP contribution in [0.2, 0.25) is 0 Å². The maximum absolute atomic E-state index is 11.3. The van der Waals surface area contributed by atoms with Crippen LogP contribution in [-0.2, 0) is 14.3 Å². The molecule has 0 radical (unpaired) electrons. The second-order valence-corrected chi connectivity index (χ2v) is 3.85. The first-order chi connectivity index (χ1) is 6.18. The van der Waals surface area contributed by atoms with Crippen molar-refractivity contribution in [3.05, 3.63) is 0 Å². The largest absolute Gasteiger partial charge is 0.350 e. The predicted octanol–water partition coefficient (Wildman–Crippen LogP) is 1.75. The molecule has 0 atom stereocenters. The lowest BCUT2D eigenvalue weighted by molar-refractivity contribution is -0.127. The molecule has 0 aromatic heterocycles. The number of Topliss-reactive ketones (excluding diaryl/α,β-unsaturated/α-hetero) is 1. The van der Waals surface area contributed by atoms with Crippen molar-refractivity contribution < 1.29 is 14.3 Å². The van der Waals surface area contributed by atoms with E-state index in [0.29, 0.717) is 32.0 Å². The topological polar surface area (TPSA) is 35.5 Å². The number of hydrogen-bond acceptors (Lipinski definition) is 3. The number of hydrogen-bond donors (Lipinski definition) is 0.